The highest BCUT2D eigenvalue weighted by molar-refractivity contribution is 9.10. The second-order valence-corrected chi connectivity index (χ2v) is 15.4. The van der Waals surface area contributed by atoms with Gasteiger partial charge in [0.05, 0.1) is 25.0 Å². The summed E-state index contributed by atoms with van der Waals surface area (Å²) in [4.78, 5) is 16.1. The molecule has 0 saturated heterocycles. The highest BCUT2D eigenvalue weighted by atomic mass is 79.9. The van der Waals surface area contributed by atoms with E-state index >= 15 is 0 Å². The van der Waals surface area contributed by atoms with Crippen molar-refractivity contribution in [3.05, 3.63) is 65.2 Å². The molecule has 0 spiro atoms. The quantitative estimate of drug-likeness (QED) is 0.312. The van der Waals surface area contributed by atoms with Gasteiger partial charge in [0.25, 0.3) is 0 Å². The van der Waals surface area contributed by atoms with Gasteiger partial charge in [-0.3, -0.25) is 15.0 Å². The number of rotatable bonds is 8. The molecule has 0 aliphatic heterocycles. The Hall–Kier alpha value is -2.49. The Balaban J connectivity index is 1.80. The van der Waals surface area contributed by atoms with Gasteiger partial charge < -0.3 is 9.16 Å². The van der Waals surface area contributed by atoms with Gasteiger partial charge in [-0.25, -0.2) is 4.79 Å². The minimum absolute atomic E-state index is 0.0492. The molecule has 3 rings (SSSR count). The number of ether oxygens (including phenoxy) is 1. The third-order valence-electron chi connectivity index (χ3n) is 6.32. The Bertz CT molecular complexity index is 1090. The summed E-state index contributed by atoms with van der Waals surface area (Å²) in [5, 5.41) is 7.49. The molecule has 2 heterocycles. The molecule has 1 atom stereocenters. The molecule has 7 nitrogen and oxygen atoms in total. The van der Waals surface area contributed by atoms with Gasteiger partial charge >= 0.3 is 6.09 Å². The summed E-state index contributed by atoms with van der Waals surface area (Å²) < 4.78 is 14.0. The van der Waals surface area contributed by atoms with Crippen molar-refractivity contribution in [2.45, 2.75) is 51.4 Å². The van der Waals surface area contributed by atoms with Crippen LogP contribution in [0.25, 0.3) is 11.1 Å². The summed E-state index contributed by atoms with van der Waals surface area (Å²) in [5.74, 6) is 0. The standard InChI is InChI=1S/C25H33BrN4O3Si/c1-25(2,3)34(5,6)33-14-13-23(22-12-9-20(26)16-27-22)30-17-19(15-28-30)18-7-10-21(11-8-18)29-24(31)32-4/h7-12,15-17,23H,13-14H2,1-6H3,(H,29,31). The lowest BCUT2D eigenvalue weighted by Crippen LogP contribution is -2.41. The second-order valence-electron chi connectivity index (χ2n) is 9.72. The van der Waals surface area contributed by atoms with Gasteiger partial charge in [-0.15, -0.1) is 0 Å². The first-order valence-electron chi connectivity index (χ1n) is 11.2. The average molecular weight is 546 g/mol. The van der Waals surface area contributed by atoms with Gasteiger partial charge in [0.1, 0.15) is 0 Å². The fraction of sp³-hybridized carbons (Fsp3) is 0.400. The predicted octanol–water partition coefficient (Wildman–Crippen LogP) is 6.89. The van der Waals surface area contributed by atoms with Gasteiger partial charge in [-0.05, 0) is 70.3 Å². The number of carbonyl (C=O) groups excluding carboxylic acids is 1. The smallest absolute Gasteiger partial charge is 0.411 e. The molecule has 1 amide bonds. The Morgan fingerprint density at radius 3 is 2.41 bits per heavy atom. The van der Waals surface area contributed by atoms with Crippen LogP contribution in [-0.4, -0.2) is 42.9 Å². The van der Waals surface area contributed by atoms with Crippen molar-refractivity contribution in [2.75, 3.05) is 19.0 Å². The summed E-state index contributed by atoms with van der Waals surface area (Å²) >= 11 is 3.47. The zero-order valence-electron chi connectivity index (χ0n) is 20.6. The molecule has 2 aromatic heterocycles. The van der Waals surface area contributed by atoms with Crippen molar-refractivity contribution in [1.82, 2.24) is 14.8 Å². The minimum atomic E-state index is -1.85. The van der Waals surface area contributed by atoms with Crippen LogP contribution in [0, 0.1) is 0 Å². The van der Waals surface area contributed by atoms with E-state index in [4.69, 9.17) is 4.43 Å². The highest BCUT2D eigenvalue weighted by Gasteiger charge is 2.37. The molecular formula is C25H33BrN4O3Si. The molecule has 0 saturated carbocycles. The van der Waals surface area contributed by atoms with Crippen molar-refractivity contribution in [2.24, 2.45) is 0 Å². The summed E-state index contributed by atoms with van der Waals surface area (Å²) in [6.45, 7) is 11.9. The van der Waals surface area contributed by atoms with Crippen molar-refractivity contribution in [3.63, 3.8) is 0 Å². The Labute approximate surface area is 211 Å². The van der Waals surface area contributed by atoms with Gasteiger partial charge in [-0.1, -0.05) is 32.9 Å². The summed E-state index contributed by atoms with van der Waals surface area (Å²) in [5.41, 5.74) is 3.59. The summed E-state index contributed by atoms with van der Waals surface area (Å²) in [7, 11) is -0.507. The highest BCUT2D eigenvalue weighted by Crippen LogP contribution is 2.37. The number of anilines is 1. The van der Waals surface area contributed by atoms with Crippen LogP contribution in [0.3, 0.4) is 0 Å². The topological polar surface area (TPSA) is 78.3 Å². The average Bonchev–Trinajstić information content (AvgIpc) is 3.27. The number of hydrogen-bond acceptors (Lipinski definition) is 5. The largest absolute Gasteiger partial charge is 0.453 e. The van der Waals surface area contributed by atoms with E-state index in [1.54, 1.807) is 0 Å². The van der Waals surface area contributed by atoms with Crippen LogP contribution in [0.4, 0.5) is 10.5 Å². The lowest BCUT2D eigenvalue weighted by molar-refractivity contribution is 0.187. The molecule has 182 valence electrons. The zero-order chi connectivity index (χ0) is 24.9. The summed E-state index contributed by atoms with van der Waals surface area (Å²) in [6.07, 6.45) is 5.97. The third kappa shape index (κ3) is 6.55. The number of carbonyl (C=O) groups is 1. The third-order valence-corrected chi connectivity index (χ3v) is 11.3. The molecule has 34 heavy (non-hydrogen) atoms. The molecule has 1 aromatic carbocycles. The first-order chi connectivity index (χ1) is 16.0. The molecular weight excluding hydrogens is 512 g/mol. The minimum Gasteiger partial charge on any atom is -0.453 e. The van der Waals surface area contributed by atoms with E-state index in [1.165, 1.54) is 7.11 Å². The number of amides is 1. The van der Waals surface area contributed by atoms with Crippen LogP contribution in [0.2, 0.25) is 18.1 Å². The van der Waals surface area contributed by atoms with Gasteiger partial charge in [0, 0.05) is 34.7 Å². The monoisotopic (exact) mass is 544 g/mol. The number of halogens is 1. The lowest BCUT2D eigenvalue weighted by atomic mass is 10.1. The molecule has 0 bridgehead atoms. The van der Waals surface area contributed by atoms with Crippen molar-refractivity contribution in [1.29, 1.82) is 0 Å². The normalized spacial score (nSPS) is 12.9. The zero-order valence-corrected chi connectivity index (χ0v) is 23.2. The van der Waals surface area contributed by atoms with E-state index in [2.05, 4.69) is 69.9 Å². The molecule has 1 N–H and O–H groups in total. The van der Waals surface area contributed by atoms with Crippen LogP contribution in [0.1, 0.15) is 38.9 Å². The number of nitrogens with one attached hydrogen (secondary N) is 1. The number of aromatic nitrogens is 3. The van der Waals surface area contributed by atoms with Crippen LogP contribution < -0.4 is 5.32 Å². The summed E-state index contributed by atoms with van der Waals surface area (Å²) in [6, 6.07) is 11.5. The fourth-order valence-electron chi connectivity index (χ4n) is 3.21. The molecule has 0 aliphatic rings. The number of benzene rings is 1. The van der Waals surface area contributed by atoms with Gasteiger partial charge in [-0.2, -0.15) is 5.10 Å². The number of hydrogen-bond donors (Lipinski definition) is 1. The van der Waals surface area contributed by atoms with Crippen molar-refractivity contribution < 1.29 is 14.0 Å². The first-order valence-corrected chi connectivity index (χ1v) is 15.0. The maximum atomic E-state index is 11.4. The number of pyridine rings is 1. The molecule has 1 unspecified atom stereocenters. The van der Waals surface area contributed by atoms with Gasteiger partial charge in [0.15, 0.2) is 8.32 Å². The van der Waals surface area contributed by atoms with Crippen LogP contribution in [0.5, 0.6) is 0 Å². The maximum absolute atomic E-state index is 11.4. The second kappa shape index (κ2) is 10.8. The van der Waals surface area contributed by atoms with E-state index < -0.39 is 14.4 Å². The first kappa shape index (κ1) is 26.1. The van der Waals surface area contributed by atoms with E-state index in [1.807, 2.05) is 59.7 Å². The van der Waals surface area contributed by atoms with Gasteiger partial charge in [0.2, 0.25) is 0 Å². The molecule has 9 heteroatoms. The van der Waals surface area contributed by atoms with E-state index in [0.717, 1.165) is 27.7 Å². The maximum Gasteiger partial charge on any atom is 0.411 e. The Morgan fingerprint density at radius 1 is 1.12 bits per heavy atom. The predicted molar refractivity (Wildman–Crippen MR) is 142 cm³/mol. The molecule has 0 radical (unpaired) electrons. The molecule has 0 aliphatic carbocycles. The van der Waals surface area contributed by atoms with Crippen LogP contribution in [-0.2, 0) is 9.16 Å². The fourth-order valence-corrected chi connectivity index (χ4v) is 4.51. The van der Waals surface area contributed by atoms with Crippen LogP contribution in [0.15, 0.2) is 59.5 Å². The molecule has 0 fully saturated rings. The van der Waals surface area contributed by atoms with E-state index in [9.17, 15) is 4.79 Å². The van der Waals surface area contributed by atoms with Crippen molar-refractivity contribution in [3.8, 4) is 11.1 Å². The number of methoxy groups -OCH3 is 1. The number of nitrogens with zero attached hydrogens (tertiary/aromatic N) is 3. The Morgan fingerprint density at radius 2 is 1.82 bits per heavy atom. The van der Waals surface area contributed by atoms with Crippen LogP contribution >= 0.6 is 15.9 Å². The van der Waals surface area contributed by atoms with E-state index in [-0.39, 0.29) is 11.1 Å². The van der Waals surface area contributed by atoms with Crippen molar-refractivity contribution >= 4 is 36.0 Å². The molecule has 3 aromatic rings. The Kier molecular flexibility index (Phi) is 8.32. The SMILES string of the molecule is COC(=O)Nc1ccc(-c2cnn(C(CCO[Si](C)(C)C(C)(C)C)c3ccc(Br)cn3)c2)cc1. The van der Waals surface area contributed by atoms with E-state index in [0.29, 0.717) is 12.3 Å². The lowest BCUT2D eigenvalue weighted by Gasteiger charge is -2.36.